The van der Waals surface area contributed by atoms with E-state index in [9.17, 15) is 4.79 Å². The Morgan fingerprint density at radius 2 is 2.12 bits per heavy atom. The Bertz CT molecular complexity index is 239. The second-order valence-corrected chi connectivity index (χ2v) is 4.92. The highest BCUT2D eigenvalue weighted by Gasteiger charge is 2.38. The molecule has 1 amide bonds. The number of hydrogen-bond acceptors (Lipinski definition) is 3. The first-order valence-corrected chi connectivity index (χ1v) is 6.35. The van der Waals surface area contributed by atoms with Crippen LogP contribution in [0.4, 0.5) is 0 Å². The smallest absolute Gasteiger partial charge is 0.223 e. The normalized spacial score (nSPS) is 30.1. The van der Waals surface area contributed by atoms with Gasteiger partial charge in [-0.05, 0) is 25.3 Å². The maximum atomic E-state index is 11.5. The second-order valence-electron chi connectivity index (χ2n) is 4.92. The summed E-state index contributed by atoms with van der Waals surface area (Å²) < 4.78 is 5.28. The van der Waals surface area contributed by atoms with Gasteiger partial charge < -0.3 is 10.1 Å². The molecule has 2 unspecified atom stereocenters. The summed E-state index contributed by atoms with van der Waals surface area (Å²) in [7, 11) is 0. The molecule has 2 rings (SSSR count). The summed E-state index contributed by atoms with van der Waals surface area (Å²) in [6.45, 7) is 7.81. The molecule has 2 aliphatic rings. The van der Waals surface area contributed by atoms with E-state index < -0.39 is 0 Å². The van der Waals surface area contributed by atoms with Crippen LogP contribution >= 0.6 is 0 Å². The van der Waals surface area contributed by atoms with E-state index in [4.69, 9.17) is 4.74 Å². The topological polar surface area (TPSA) is 41.6 Å². The summed E-state index contributed by atoms with van der Waals surface area (Å²) in [5.41, 5.74) is 0. The van der Waals surface area contributed by atoms with Gasteiger partial charge in [0.25, 0.3) is 0 Å². The zero-order valence-electron chi connectivity index (χ0n) is 10.1. The molecule has 4 heteroatoms. The minimum absolute atomic E-state index is 0.259. The molecule has 1 aliphatic heterocycles. The highest BCUT2D eigenvalue weighted by molar-refractivity contribution is 5.81. The quantitative estimate of drug-likeness (QED) is 0.693. The van der Waals surface area contributed by atoms with E-state index in [1.54, 1.807) is 0 Å². The van der Waals surface area contributed by atoms with Gasteiger partial charge in [0, 0.05) is 25.6 Å². The summed E-state index contributed by atoms with van der Waals surface area (Å²) in [5, 5.41) is 3.02. The van der Waals surface area contributed by atoms with E-state index in [1.165, 1.54) is 0 Å². The molecule has 92 valence electrons. The number of amides is 1. The first-order chi connectivity index (χ1) is 7.77. The standard InChI is InChI=1S/C12H22N2O2/c1-10-9-11(10)12(15)13-3-2-4-14-5-7-16-8-6-14/h10-11H,2-9H2,1H3,(H,13,15). The van der Waals surface area contributed by atoms with Crippen molar-refractivity contribution < 1.29 is 9.53 Å². The number of rotatable bonds is 5. The van der Waals surface area contributed by atoms with Crippen molar-refractivity contribution >= 4 is 5.91 Å². The minimum Gasteiger partial charge on any atom is -0.379 e. The molecule has 2 fully saturated rings. The lowest BCUT2D eigenvalue weighted by atomic mass is 10.3. The van der Waals surface area contributed by atoms with Gasteiger partial charge in [0.05, 0.1) is 13.2 Å². The van der Waals surface area contributed by atoms with Crippen LogP contribution < -0.4 is 5.32 Å². The maximum Gasteiger partial charge on any atom is 0.223 e. The Balaban J connectivity index is 1.49. The fraction of sp³-hybridized carbons (Fsp3) is 0.917. The van der Waals surface area contributed by atoms with Gasteiger partial charge in [0.1, 0.15) is 0 Å². The molecule has 4 nitrogen and oxygen atoms in total. The van der Waals surface area contributed by atoms with Crippen LogP contribution in [0.2, 0.25) is 0 Å². The molecule has 0 aromatic carbocycles. The van der Waals surface area contributed by atoms with Crippen LogP contribution in [-0.4, -0.2) is 50.2 Å². The van der Waals surface area contributed by atoms with Crippen LogP contribution in [0.3, 0.4) is 0 Å². The molecule has 0 spiro atoms. The van der Waals surface area contributed by atoms with Crippen molar-refractivity contribution in [3.05, 3.63) is 0 Å². The first kappa shape index (κ1) is 11.9. The molecule has 0 aromatic rings. The van der Waals surface area contributed by atoms with Crippen molar-refractivity contribution in [3.8, 4) is 0 Å². The fourth-order valence-electron chi connectivity index (χ4n) is 2.16. The van der Waals surface area contributed by atoms with Crippen molar-refractivity contribution in [2.24, 2.45) is 11.8 Å². The van der Waals surface area contributed by atoms with Gasteiger partial charge in [-0.1, -0.05) is 6.92 Å². The van der Waals surface area contributed by atoms with Gasteiger partial charge in [0.2, 0.25) is 5.91 Å². The monoisotopic (exact) mass is 226 g/mol. The first-order valence-electron chi connectivity index (χ1n) is 6.35. The number of nitrogens with one attached hydrogen (secondary N) is 1. The third-order valence-electron chi connectivity index (χ3n) is 3.50. The molecular formula is C12H22N2O2. The summed E-state index contributed by atoms with van der Waals surface area (Å²) in [6.07, 6.45) is 2.13. The van der Waals surface area contributed by atoms with Gasteiger partial charge >= 0.3 is 0 Å². The van der Waals surface area contributed by atoms with E-state index in [0.29, 0.717) is 11.8 Å². The third kappa shape index (κ3) is 3.46. The van der Waals surface area contributed by atoms with Crippen molar-refractivity contribution in [2.75, 3.05) is 39.4 Å². The summed E-state index contributed by atoms with van der Waals surface area (Å²) in [4.78, 5) is 13.9. The Morgan fingerprint density at radius 3 is 2.75 bits per heavy atom. The van der Waals surface area contributed by atoms with Crippen molar-refractivity contribution in [1.29, 1.82) is 0 Å². The predicted octanol–water partition coefficient (Wildman–Crippen LogP) is 0.481. The van der Waals surface area contributed by atoms with Crippen molar-refractivity contribution in [1.82, 2.24) is 10.2 Å². The molecule has 0 radical (unpaired) electrons. The van der Waals surface area contributed by atoms with Crippen LogP contribution in [0.15, 0.2) is 0 Å². The summed E-state index contributed by atoms with van der Waals surface area (Å²) >= 11 is 0. The molecular weight excluding hydrogens is 204 g/mol. The van der Waals surface area contributed by atoms with Crippen LogP contribution in [-0.2, 0) is 9.53 Å². The second kappa shape index (κ2) is 5.64. The van der Waals surface area contributed by atoms with E-state index in [0.717, 1.165) is 52.2 Å². The van der Waals surface area contributed by atoms with Gasteiger partial charge in [-0.3, -0.25) is 9.69 Å². The maximum absolute atomic E-state index is 11.5. The lowest BCUT2D eigenvalue weighted by Crippen LogP contribution is -2.38. The van der Waals surface area contributed by atoms with E-state index in [2.05, 4.69) is 17.1 Å². The molecule has 1 saturated carbocycles. The van der Waals surface area contributed by atoms with Crippen LogP contribution in [0.25, 0.3) is 0 Å². The number of nitrogens with zero attached hydrogens (tertiary/aromatic N) is 1. The van der Waals surface area contributed by atoms with Crippen LogP contribution in [0, 0.1) is 11.8 Å². The lowest BCUT2D eigenvalue weighted by Gasteiger charge is -2.26. The molecule has 0 aromatic heterocycles. The molecule has 0 bridgehead atoms. The molecule has 1 saturated heterocycles. The SMILES string of the molecule is CC1CC1C(=O)NCCCN1CCOCC1. The fourth-order valence-corrected chi connectivity index (χ4v) is 2.16. The number of hydrogen-bond donors (Lipinski definition) is 1. The average Bonchev–Trinajstić information content (AvgIpc) is 3.03. The van der Waals surface area contributed by atoms with Crippen LogP contribution in [0.1, 0.15) is 19.8 Å². The van der Waals surface area contributed by atoms with Gasteiger partial charge in [0.15, 0.2) is 0 Å². The van der Waals surface area contributed by atoms with Gasteiger partial charge in [-0.15, -0.1) is 0 Å². The zero-order valence-corrected chi connectivity index (χ0v) is 10.1. The average molecular weight is 226 g/mol. The van der Waals surface area contributed by atoms with Crippen molar-refractivity contribution in [3.63, 3.8) is 0 Å². The number of carbonyl (C=O) groups excluding carboxylic acids is 1. The van der Waals surface area contributed by atoms with Gasteiger partial charge in [-0.2, -0.15) is 0 Å². The molecule has 1 heterocycles. The highest BCUT2D eigenvalue weighted by atomic mass is 16.5. The Hall–Kier alpha value is -0.610. The van der Waals surface area contributed by atoms with E-state index >= 15 is 0 Å². The molecule has 1 aliphatic carbocycles. The number of morpholine rings is 1. The largest absolute Gasteiger partial charge is 0.379 e. The predicted molar refractivity (Wildman–Crippen MR) is 62.2 cm³/mol. The van der Waals surface area contributed by atoms with E-state index in [1.807, 2.05) is 0 Å². The van der Waals surface area contributed by atoms with E-state index in [-0.39, 0.29) is 5.91 Å². The highest BCUT2D eigenvalue weighted by Crippen LogP contribution is 2.37. The molecule has 16 heavy (non-hydrogen) atoms. The van der Waals surface area contributed by atoms with Gasteiger partial charge in [-0.25, -0.2) is 0 Å². The Morgan fingerprint density at radius 1 is 1.44 bits per heavy atom. The Labute approximate surface area is 97.3 Å². The minimum atomic E-state index is 0.259. The number of ether oxygens (including phenoxy) is 1. The molecule has 1 N–H and O–H groups in total. The Kier molecular flexibility index (Phi) is 4.18. The van der Waals surface area contributed by atoms with Crippen LogP contribution in [0.5, 0.6) is 0 Å². The summed E-state index contributed by atoms with van der Waals surface area (Å²) in [5.74, 6) is 1.18. The van der Waals surface area contributed by atoms with Crippen molar-refractivity contribution in [2.45, 2.75) is 19.8 Å². The molecule has 2 atom stereocenters. The number of carbonyl (C=O) groups is 1. The summed E-state index contributed by atoms with van der Waals surface area (Å²) in [6, 6.07) is 0. The zero-order chi connectivity index (χ0) is 11.4. The lowest BCUT2D eigenvalue weighted by molar-refractivity contribution is -0.122. The third-order valence-corrected chi connectivity index (χ3v) is 3.50.